The van der Waals surface area contributed by atoms with Crippen molar-refractivity contribution in [3.8, 4) is 5.75 Å². The van der Waals surface area contributed by atoms with E-state index in [1.807, 2.05) is 13.8 Å². The monoisotopic (exact) mass is 280 g/mol. The minimum atomic E-state index is -0.748. The van der Waals surface area contributed by atoms with Gasteiger partial charge in [-0.3, -0.25) is 4.79 Å². The van der Waals surface area contributed by atoms with Crippen molar-refractivity contribution in [1.82, 2.24) is 5.32 Å². The molecule has 0 bridgehead atoms. The van der Waals surface area contributed by atoms with Gasteiger partial charge < -0.3 is 20.5 Å². The lowest BCUT2D eigenvalue weighted by Crippen LogP contribution is -2.40. The van der Waals surface area contributed by atoms with Gasteiger partial charge in [0.15, 0.2) is 6.10 Å². The van der Waals surface area contributed by atoms with E-state index in [0.717, 1.165) is 0 Å². The number of ether oxygens (including phenoxy) is 2. The molecule has 0 spiro atoms. The standard InChI is InChI=1S/C14H20N2O4/c1-8(2)16-13(17)9(3)20-12-7-10(15)5-6-11(12)14(18)19-4/h5-9H,15H2,1-4H3,(H,16,17). The number of carbonyl (C=O) groups is 2. The maximum Gasteiger partial charge on any atom is 0.341 e. The van der Waals surface area contributed by atoms with Gasteiger partial charge in [-0.1, -0.05) is 0 Å². The lowest BCUT2D eigenvalue weighted by molar-refractivity contribution is -0.127. The zero-order chi connectivity index (χ0) is 15.3. The molecule has 0 aliphatic carbocycles. The van der Waals surface area contributed by atoms with Crippen molar-refractivity contribution >= 4 is 17.6 Å². The number of nitrogen functional groups attached to an aromatic ring is 1. The average molecular weight is 280 g/mol. The van der Waals surface area contributed by atoms with Crippen LogP contribution in [0.5, 0.6) is 5.75 Å². The number of rotatable bonds is 5. The van der Waals surface area contributed by atoms with E-state index in [4.69, 9.17) is 10.5 Å². The number of nitrogens with one attached hydrogen (secondary N) is 1. The SMILES string of the molecule is COC(=O)c1ccc(N)cc1OC(C)C(=O)NC(C)C. The van der Waals surface area contributed by atoms with Crippen molar-refractivity contribution in [2.45, 2.75) is 32.9 Å². The van der Waals surface area contributed by atoms with Gasteiger partial charge in [-0.2, -0.15) is 0 Å². The van der Waals surface area contributed by atoms with Gasteiger partial charge in [0.2, 0.25) is 0 Å². The van der Waals surface area contributed by atoms with Crippen LogP contribution in [0.1, 0.15) is 31.1 Å². The minimum absolute atomic E-state index is 0.00877. The fourth-order valence-corrected chi connectivity index (χ4v) is 1.56. The van der Waals surface area contributed by atoms with E-state index in [9.17, 15) is 9.59 Å². The molecule has 20 heavy (non-hydrogen) atoms. The number of esters is 1. The Hall–Kier alpha value is -2.24. The summed E-state index contributed by atoms with van der Waals surface area (Å²) in [6.07, 6.45) is -0.748. The number of nitrogens with two attached hydrogens (primary N) is 1. The smallest absolute Gasteiger partial charge is 0.341 e. The number of hydrogen-bond donors (Lipinski definition) is 2. The molecule has 0 saturated heterocycles. The molecule has 1 atom stereocenters. The summed E-state index contributed by atoms with van der Waals surface area (Å²) >= 11 is 0. The molecule has 0 fully saturated rings. The Morgan fingerprint density at radius 1 is 1.25 bits per heavy atom. The number of methoxy groups -OCH3 is 1. The molecule has 1 aromatic rings. The van der Waals surface area contributed by atoms with Crippen molar-refractivity contribution in [3.05, 3.63) is 23.8 Å². The van der Waals surface area contributed by atoms with E-state index in [1.165, 1.54) is 19.2 Å². The molecule has 0 saturated carbocycles. The summed E-state index contributed by atoms with van der Waals surface area (Å²) in [6.45, 7) is 5.30. The quantitative estimate of drug-likeness (QED) is 0.627. The van der Waals surface area contributed by atoms with Gasteiger partial charge in [-0.25, -0.2) is 4.79 Å². The molecule has 0 radical (unpaired) electrons. The maximum atomic E-state index is 11.8. The van der Waals surface area contributed by atoms with Crippen molar-refractivity contribution in [3.63, 3.8) is 0 Å². The van der Waals surface area contributed by atoms with E-state index < -0.39 is 12.1 Å². The first-order chi connectivity index (χ1) is 9.35. The molecule has 1 rings (SSSR count). The molecular weight excluding hydrogens is 260 g/mol. The topological polar surface area (TPSA) is 90.7 Å². The predicted octanol–water partition coefficient (Wildman–Crippen LogP) is 1.35. The van der Waals surface area contributed by atoms with Gasteiger partial charge in [-0.15, -0.1) is 0 Å². The Labute approximate surface area is 118 Å². The third kappa shape index (κ3) is 4.15. The van der Waals surface area contributed by atoms with Crippen LogP contribution in [0.4, 0.5) is 5.69 Å². The molecule has 0 aliphatic heterocycles. The zero-order valence-corrected chi connectivity index (χ0v) is 12.1. The van der Waals surface area contributed by atoms with E-state index in [0.29, 0.717) is 5.69 Å². The molecule has 6 heteroatoms. The van der Waals surface area contributed by atoms with Crippen LogP contribution in [0.15, 0.2) is 18.2 Å². The van der Waals surface area contributed by atoms with Crippen LogP contribution in [-0.2, 0) is 9.53 Å². The van der Waals surface area contributed by atoms with Crippen LogP contribution < -0.4 is 15.8 Å². The maximum absolute atomic E-state index is 11.8. The van der Waals surface area contributed by atoms with Gasteiger partial charge in [0.1, 0.15) is 11.3 Å². The summed E-state index contributed by atoms with van der Waals surface area (Å²) in [7, 11) is 1.28. The highest BCUT2D eigenvalue weighted by atomic mass is 16.5. The highest BCUT2D eigenvalue weighted by Gasteiger charge is 2.20. The first kappa shape index (κ1) is 15.8. The minimum Gasteiger partial charge on any atom is -0.480 e. The first-order valence-corrected chi connectivity index (χ1v) is 6.30. The third-order valence-corrected chi connectivity index (χ3v) is 2.51. The van der Waals surface area contributed by atoms with Crippen LogP contribution >= 0.6 is 0 Å². The molecule has 1 unspecified atom stereocenters. The Bertz CT molecular complexity index is 500. The van der Waals surface area contributed by atoms with Crippen molar-refractivity contribution in [1.29, 1.82) is 0 Å². The predicted molar refractivity (Wildman–Crippen MR) is 75.6 cm³/mol. The Morgan fingerprint density at radius 2 is 1.90 bits per heavy atom. The molecule has 0 aliphatic rings. The molecular formula is C14H20N2O4. The number of hydrogen-bond acceptors (Lipinski definition) is 5. The zero-order valence-electron chi connectivity index (χ0n) is 12.1. The normalized spacial score (nSPS) is 11.8. The van der Waals surface area contributed by atoms with Gasteiger partial charge in [-0.05, 0) is 32.9 Å². The molecule has 1 amide bonds. The second-order valence-corrected chi connectivity index (χ2v) is 4.67. The summed E-state index contributed by atoms with van der Waals surface area (Å²) in [5, 5.41) is 2.73. The average Bonchev–Trinajstić information content (AvgIpc) is 2.37. The van der Waals surface area contributed by atoms with Crippen LogP contribution in [0.2, 0.25) is 0 Å². The Morgan fingerprint density at radius 3 is 2.45 bits per heavy atom. The highest BCUT2D eigenvalue weighted by Crippen LogP contribution is 2.23. The largest absolute Gasteiger partial charge is 0.480 e. The number of anilines is 1. The summed E-state index contributed by atoms with van der Waals surface area (Å²) in [5.74, 6) is -0.585. The Kier molecular flexibility index (Phi) is 5.37. The summed E-state index contributed by atoms with van der Waals surface area (Å²) < 4.78 is 10.2. The van der Waals surface area contributed by atoms with Crippen molar-refractivity contribution in [2.75, 3.05) is 12.8 Å². The second-order valence-electron chi connectivity index (χ2n) is 4.67. The van der Waals surface area contributed by atoms with E-state index in [2.05, 4.69) is 10.1 Å². The van der Waals surface area contributed by atoms with Crippen LogP contribution in [0, 0.1) is 0 Å². The van der Waals surface area contributed by atoms with Gasteiger partial charge in [0, 0.05) is 17.8 Å². The number of carbonyl (C=O) groups excluding carboxylic acids is 2. The molecule has 1 aromatic carbocycles. The summed E-state index contributed by atoms with van der Waals surface area (Å²) in [4.78, 5) is 23.4. The fraction of sp³-hybridized carbons (Fsp3) is 0.429. The van der Waals surface area contributed by atoms with Crippen molar-refractivity contribution < 1.29 is 19.1 Å². The van der Waals surface area contributed by atoms with E-state index in [1.54, 1.807) is 13.0 Å². The Balaban J connectivity index is 2.93. The number of benzene rings is 1. The molecule has 6 nitrogen and oxygen atoms in total. The van der Waals surface area contributed by atoms with E-state index in [-0.39, 0.29) is 23.3 Å². The lowest BCUT2D eigenvalue weighted by Gasteiger charge is -2.18. The van der Waals surface area contributed by atoms with Crippen LogP contribution in [-0.4, -0.2) is 31.1 Å². The number of amides is 1. The van der Waals surface area contributed by atoms with Gasteiger partial charge in [0.25, 0.3) is 5.91 Å². The summed E-state index contributed by atoms with van der Waals surface area (Å²) in [5.41, 5.74) is 6.33. The molecule has 0 heterocycles. The lowest BCUT2D eigenvalue weighted by atomic mass is 10.2. The molecule has 3 N–H and O–H groups in total. The molecule has 110 valence electrons. The molecule has 0 aromatic heterocycles. The van der Waals surface area contributed by atoms with Crippen LogP contribution in [0.3, 0.4) is 0 Å². The van der Waals surface area contributed by atoms with Crippen LogP contribution in [0.25, 0.3) is 0 Å². The second kappa shape index (κ2) is 6.79. The highest BCUT2D eigenvalue weighted by molar-refractivity contribution is 5.93. The third-order valence-electron chi connectivity index (χ3n) is 2.51. The summed E-state index contributed by atoms with van der Waals surface area (Å²) in [6, 6.07) is 4.57. The van der Waals surface area contributed by atoms with Crippen molar-refractivity contribution in [2.24, 2.45) is 0 Å². The van der Waals surface area contributed by atoms with Gasteiger partial charge >= 0.3 is 5.97 Å². The first-order valence-electron chi connectivity index (χ1n) is 6.30. The fourth-order valence-electron chi connectivity index (χ4n) is 1.56. The van der Waals surface area contributed by atoms with E-state index >= 15 is 0 Å². The van der Waals surface area contributed by atoms with Gasteiger partial charge in [0.05, 0.1) is 7.11 Å².